The van der Waals surface area contributed by atoms with Crippen LogP contribution in [0.5, 0.6) is 5.75 Å². The quantitative estimate of drug-likeness (QED) is 0.797. The number of aromatic hydroxyl groups is 1. The molecule has 1 aliphatic heterocycles. The zero-order chi connectivity index (χ0) is 20.9. The van der Waals surface area contributed by atoms with Gasteiger partial charge in [-0.05, 0) is 42.7 Å². The lowest BCUT2D eigenvalue weighted by Crippen LogP contribution is -2.62. The summed E-state index contributed by atoms with van der Waals surface area (Å²) in [7, 11) is 0. The highest BCUT2D eigenvalue weighted by molar-refractivity contribution is 6.01. The number of amides is 1. The van der Waals surface area contributed by atoms with Gasteiger partial charge in [-0.1, -0.05) is 39.3 Å². The molecule has 1 saturated carbocycles. The molecule has 2 aliphatic rings. The number of para-hydroxylation sites is 1. The smallest absolute Gasteiger partial charge is 0.439 e. The molecule has 1 aromatic rings. The Morgan fingerprint density at radius 2 is 1.96 bits per heavy atom. The van der Waals surface area contributed by atoms with E-state index in [4.69, 9.17) is 0 Å². The molecule has 3 atom stereocenters. The summed E-state index contributed by atoms with van der Waals surface area (Å²) in [6.07, 6.45) is -3.26. The summed E-state index contributed by atoms with van der Waals surface area (Å²) in [5.41, 5.74) is -3.76. The summed E-state index contributed by atoms with van der Waals surface area (Å²) in [5.74, 6) is -2.98. The Morgan fingerprint density at radius 1 is 1.32 bits per heavy atom. The molecular weight excluding hydrogens is 373 g/mol. The van der Waals surface area contributed by atoms with Crippen molar-refractivity contribution in [3.05, 3.63) is 29.8 Å². The maximum atomic E-state index is 14.1. The molecule has 5 nitrogen and oxygen atoms in total. The second-order valence-corrected chi connectivity index (χ2v) is 8.32. The van der Waals surface area contributed by atoms with E-state index in [1.807, 2.05) is 20.8 Å². The molecule has 1 fully saturated rings. The number of nitrogens with zero attached hydrogens (tertiary/aromatic N) is 2. The van der Waals surface area contributed by atoms with Crippen LogP contribution < -0.4 is 0 Å². The molecule has 1 amide bonds. The molecular formula is C20H25F3N2O3. The van der Waals surface area contributed by atoms with Crippen molar-refractivity contribution in [1.82, 2.24) is 5.01 Å². The van der Waals surface area contributed by atoms with Gasteiger partial charge >= 0.3 is 6.18 Å². The lowest BCUT2D eigenvalue weighted by Gasteiger charge is -2.43. The average molecular weight is 398 g/mol. The van der Waals surface area contributed by atoms with E-state index in [1.54, 1.807) is 0 Å². The van der Waals surface area contributed by atoms with Crippen LogP contribution in [0.4, 0.5) is 13.2 Å². The highest BCUT2D eigenvalue weighted by Gasteiger charge is 2.69. The molecule has 2 N–H and O–H groups in total. The number of hydrazone groups is 1. The number of fused-ring (bicyclic) bond motifs is 1. The fourth-order valence-electron chi connectivity index (χ4n) is 4.19. The fourth-order valence-corrected chi connectivity index (χ4v) is 4.19. The van der Waals surface area contributed by atoms with E-state index >= 15 is 0 Å². The van der Waals surface area contributed by atoms with Crippen molar-refractivity contribution in [2.75, 3.05) is 0 Å². The van der Waals surface area contributed by atoms with Crippen LogP contribution in [-0.2, 0) is 0 Å². The van der Waals surface area contributed by atoms with Gasteiger partial charge in [0.25, 0.3) is 11.6 Å². The molecule has 0 bridgehead atoms. The molecule has 0 spiro atoms. The molecule has 1 heterocycles. The lowest BCUT2D eigenvalue weighted by molar-refractivity contribution is -0.314. The highest BCUT2D eigenvalue weighted by Crippen LogP contribution is 2.52. The second-order valence-electron chi connectivity index (χ2n) is 8.32. The van der Waals surface area contributed by atoms with E-state index in [0.29, 0.717) is 12.8 Å². The Balaban J connectivity index is 2.03. The van der Waals surface area contributed by atoms with Crippen LogP contribution in [-0.4, -0.2) is 38.7 Å². The van der Waals surface area contributed by atoms with Crippen LogP contribution in [0.15, 0.2) is 29.4 Å². The van der Waals surface area contributed by atoms with Crippen molar-refractivity contribution < 1.29 is 28.2 Å². The molecule has 154 valence electrons. The zero-order valence-electron chi connectivity index (χ0n) is 16.1. The topological polar surface area (TPSA) is 73.1 Å². The number of alkyl halides is 3. The van der Waals surface area contributed by atoms with Gasteiger partial charge in [0, 0.05) is 5.71 Å². The van der Waals surface area contributed by atoms with Gasteiger partial charge in [-0.25, -0.2) is 0 Å². The summed E-state index contributed by atoms with van der Waals surface area (Å²) in [6.45, 7) is 6.00. The first-order valence-electron chi connectivity index (χ1n) is 9.42. The maximum absolute atomic E-state index is 14.1. The number of benzene rings is 1. The summed E-state index contributed by atoms with van der Waals surface area (Å²) in [4.78, 5) is 12.8. The molecule has 8 heteroatoms. The summed E-state index contributed by atoms with van der Waals surface area (Å²) in [6, 6.07) is 5.29. The molecule has 0 saturated heterocycles. The van der Waals surface area contributed by atoms with Crippen molar-refractivity contribution >= 4 is 11.6 Å². The summed E-state index contributed by atoms with van der Waals surface area (Å²) in [5, 5.41) is 24.8. The van der Waals surface area contributed by atoms with Crippen LogP contribution in [0.1, 0.15) is 56.8 Å². The Morgan fingerprint density at radius 3 is 2.54 bits per heavy atom. The standard InChI is InChI=1S/C20H25F3N2O3/c1-4-18(2,3)12-9-10-15-14(11-12)19(28,20(21,22)23)25(24-15)17(27)13-7-5-6-8-16(13)26/h5-8,12,14,26,28H,4,9-11H2,1-3H3/t12-,14-,19+/m1/s1. The SMILES string of the molecule is CCC(C)(C)[C@@H]1CCC2=NN(C(=O)c3ccccc3O)[C@@](O)(C(F)(F)F)[C@@H]2C1. The summed E-state index contributed by atoms with van der Waals surface area (Å²) < 4.78 is 42.2. The van der Waals surface area contributed by atoms with Gasteiger partial charge in [0.15, 0.2) is 0 Å². The van der Waals surface area contributed by atoms with Crippen molar-refractivity contribution in [3.8, 4) is 5.75 Å². The van der Waals surface area contributed by atoms with Gasteiger partial charge in [0.1, 0.15) is 5.75 Å². The van der Waals surface area contributed by atoms with E-state index in [2.05, 4.69) is 5.10 Å². The Labute approximate surface area is 161 Å². The number of aliphatic hydroxyl groups is 1. The van der Waals surface area contributed by atoms with Gasteiger partial charge in [0.05, 0.1) is 11.5 Å². The first-order chi connectivity index (χ1) is 12.9. The molecule has 1 aliphatic carbocycles. The van der Waals surface area contributed by atoms with E-state index < -0.39 is 29.5 Å². The first kappa shape index (κ1) is 20.6. The number of halogens is 3. The van der Waals surface area contributed by atoms with Gasteiger partial charge < -0.3 is 10.2 Å². The first-order valence-corrected chi connectivity index (χ1v) is 9.42. The maximum Gasteiger partial charge on any atom is 0.439 e. The molecule has 0 unspecified atom stereocenters. The van der Waals surface area contributed by atoms with Gasteiger partial charge in [-0.2, -0.15) is 23.3 Å². The highest BCUT2D eigenvalue weighted by atomic mass is 19.4. The third-order valence-electron chi connectivity index (χ3n) is 6.47. The average Bonchev–Trinajstić information content (AvgIpc) is 2.95. The normalized spacial score (nSPS) is 28.1. The predicted molar refractivity (Wildman–Crippen MR) is 97.6 cm³/mol. The Bertz CT molecular complexity index is 806. The number of rotatable bonds is 3. The Kier molecular flexibility index (Phi) is 4.98. The summed E-state index contributed by atoms with van der Waals surface area (Å²) >= 11 is 0. The van der Waals surface area contributed by atoms with Gasteiger partial charge in [-0.3, -0.25) is 4.79 Å². The van der Waals surface area contributed by atoms with E-state index in [9.17, 15) is 28.2 Å². The van der Waals surface area contributed by atoms with E-state index in [1.165, 1.54) is 24.3 Å². The molecule has 0 radical (unpaired) electrons. The molecule has 0 aromatic heterocycles. The molecule has 1 aromatic carbocycles. The predicted octanol–water partition coefficient (Wildman–Crippen LogP) is 4.31. The Hall–Kier alpha value is -2.09. The van der Waals surface area contributed by atoms with E-state index in [-0.39, 0.29) is 34.0 Å². The van der Waals surface area contributed by atoms with Crippen molar-refractivity contribution in [2.24, 2.45) is 22.4 Å². The number of hydrogen-bond acceptors (Lipinski definition) is 4. The van der Waals surface area contributed by atoms with Gasteiger partial charge in [0.2, 0.25) is 0 Å². The minimum Gasteiger partial charge on any atom is -0.507 e. The number of phenolic OH excluding ortho intramolecular Hbond substituents is 1. The lowest BCUT2D eigenvalue weighted by atomic mass is 9.64. The monoisotopic (exact) mass is 398 g/mol. The second kappa shape index (κ2) is 6.76. The van der Waals surface area contributed by atoms with Gasteiger partial charge in [-0.15, -0.1) is 0 Å². The largest absolute Gasteiger partial charge is 0.507 e. The number of carbonyl (C=O) groups excluding carboxylic acids is 1. The number of hydrogen-bond donors (Lipinski definition) is 2. The third-order valence-corrected chi connectivity index (χ3v) is 6.47. The van der Waals surface area contributed by atoms with Crippen LogP contribution in [0.3, 0.4) is 0 Å². The zero-order valence-corrected chi connectivity index (χ0v) is 16.1. The minimum atomic E-state index is -5.10. The van der Waals surface area contributed by atoms with Crippen LogP contribution in [0.25, 0.3) is 0 Å². The van der Waals surface area contributed by atoms with Crippen molar-refractivity contribution in [2.45, 2.75) is 58.4 Å². The fraction of sp³-hybridized carbons (Fsp3) is 0.600. The number of phenols is 1. The van der Waals surface area contributed by atoms with Crippen LogP contribution in [0, 0.1) is 17.3 Å². The van der Waals surface area contributed by atoms with E-state index in [0.717, 1.165) is 6.42 Å². The molecule has 28 heavy (non-hydrogen) atoms. The molecule has 3 rings (SSSR count). The van der Waals surface area contributed by atoms with Crippen molar-refractivity contribution in [1.29, 1.82) is 0 Å². The van der Waals surface area contributed by atoms with Crippen LogP contribution >= 0.6 is 0 Å². The van der Waals surface area contributed by atoms with Crippen LogP contribution in [0.2, 0.25) is 0 Å². The third kappa shape index (κ3) is 3.07. The van der Waals surface area contributed by atoms with Crippen molar-refractivity contribution in [3.63, 3.8) is 0 Å². The number of carbonyl (C=O) groups is 1. The minimum absolute atomic E-state index is 0.0319.